The molecule has 3 nitrogen and oxygen atoms in total. The van der Waals surface area contributed by atoms with E-state index in [1.807, 2.05) is 0 Å². The Morgan fingerprint density at radius 3 is 2.20 bits per heavy atom. The molecule has 1 aliphatic heterocycles. The highest BCUT2D eigenvalue weighted by Gasteiger charge is 2.39. The minimum Gasteiger partial charge on any atom is -0.346 e. The molecule has 0 bridgehead atoms. The Bertz CT molecular complexity index is 1200. The number of benzene rings is 2. The van der Waals surface area contributed by atoms with E-state index < -0.39 is 0 Å². The van der Waals surface area contributed by atoms with Gasteiger partial charge < -0.3 is 9.80 Å². The molecule has 35 heavy (non-hydrogen) atoms. The summed E-state index contributed by atoms with van der Waals surface area (Å²) in [7, 11) is 2.18. The Morgan fingerprint density at radius 1 is 0.771 bits per heavy atom. The van der Waals surface area contributed by atoms with E-state index in [1.165, 1.54) is 97.2 Å². The minimum absolute atomic E-state index is 0.324. The molecule has 0 radical (unpaired) electrons. The number of hydrogen-bond acceptors (Lipinski definition) is 2. The first-order chi connectivity index (χ1) is 17.1. The third-order valence-corrected chi connectivity index (χ3v) is 8.98. The molecule has 2 heterocycles. The zero-order valence-corrected chi connectivity index (χ0v) is 21.7. The summed E-state index contributed by atoms with van der Waals surface area (Å²) in [5, 5.41) is 0. The normalized spacial score (nSPS) is 21.1. The van der Waals surface area contributed by atoms with Crippen LogP contribution in [0, 0.1) is 6.92 Å². The van der Waals surface area contributed by atoms with Crippen molar-refractivity contribution in [1.29, 1.82) is 0 Å². The Hall–Kier alpha value is -2.81. The molecule has 1 atom stereocenters. The predicted molar refractivity (Wildman–Crippen MR) is 146 cm³/mol. The van der Waals surface area contributed by atoms with E-state index in [0.717, 1.165) is 0 Å². The summed E-state index contributed by atoms with van der Waals surface area (Å²) in [6.45, 7) is 4.77. The molecular weight excluding hydrogens is 426 g/mol. The monoisotopic (exact) mass is 466 g/mol. The SMILES string of the molecule is Cc1c(-c2cccc[n+]2C)cc(C2CCCC2)cc1N1c2ccccc2N(C2CCCCC2)[C@H]1C. The molecule has 2 aliphatic carbocycles. The van der Waals surface area contributed by atoms with Gasteiger partial charge in [-0.2, -0.15) is 0 Å². The fourth-order valence-corrected chi connectivity index (χ4v) is 7.14. The quantitative estimate of drug-likeness (QED) is 0.363. The fourth-order valence-electron chi connectivity index (χ4n) is 7.14. The van der Waals surface area contributed by atoms with E-state index in [9.17, 15) is 0 Å². The highest BCUT2D eigenvalue weighted by molar-refractivity contribution is 5.87. The van der Waals surface area contributed by atoms with Crippen molar-refractivity contribution in [3.8, 4) is 11.3 Å². The number of aryl methyl sites for hydroxylation is 1. The van der Waals surface area contributed by atoms with E-state index in [0.29, 0.717) is 18.1 Å². The third kappa shape index (κ3) is 3.93. The van der Waals surface area contributed by atoms with Gasteiger partial charge in [0.25, 0.3) is 0 Å². The number of anilines is 3. The molecule has 1 aromatic heterocycles. The minimum atomic E-state index is 0.324. The molecule has 2 fully saturated rings. The lowest BCUT2D eigenvalue weighted by molar-refractivity contribution is -0.660. The van der Waals surface area contributed by atoms with E-state index in [1.54, 1.807) is 0 Å². The van der Waals surface area contributed by atoms with E-state index in [2.05, 4.69) is 96.1 Å². The molecule has 6 rings (SSSR count). The third-order valence-electron chi connectivity index (χ3n) is 8.98. The number of fused-ring (bicyclic) bond motifs is 1. The lowest BCUT2D eigenvalue weighted by atomic mass is 9.91. The summed E-state index contributed by atoms with van der Waals surface area (Å²) in [6, 6.07) is 21.4. The second-order valence-corrected chi connectivity index (χ2v) is 11.1. The van der Waals surface area contributed by atoms with E-state index in [-0.39, 0.29) is 0 Å². The lowest BCUT2D eigenvalue weighted by Gasteiger charge is -2.38. The van der Waals surface area contributed by atoms with Crippen LogP contribution in [0.25, 0.3) is 11.3 Å². The first kappa shape index (κ1) is 22.6. The van der Waals surface area contributed by atoms with Crippen molar-refractivity contribution >= 4 is 17.1 Å². The van der Waals surface area contributed by atoms with Gasteiger partial charge in [-0.15, -0.1) is 0 Å². The number of nitrogens with zero attached hydrogens (tertiary/aromatic N) is 3. The average Bonchev–Trinajstić information content (AvgIpc) is 3.52. The van der Waals surface area contributed by atoms with Gasteiger partial charge in [0.15, 0.2) is 6.20 Å². The van der Waals surface area contributed by atoms with Crippen molar-refractivity contribution in [3.05, 3.63) is 71.9 Å². The summed E-state index contributed by atoms with van der Waals surface area (Å²) in [5.74, 6) is 0.685. The topological polar surface area (TPSA) is 10.4 Å². The highest BCUT2D eigenvalue weighted by Crippen LogP contribution is 2.49. The van der Waals surface area contributed by atoms with Crippen LogP contribution in [0.1, 0.15) is 81.8 Å². The van der Waals surface area contributed by atoms with Gasteiger partial charge in [-0.1, -0.05) is 44.2 Å². The molecule has 3 aromatic rings. The zero-order chi connectivity index (χ0) is 23.9. The van der Waals surface area contributed by atoms with Gasteiger partial charge in [0.2, 0.25) is 5.69 Å². The summed E-state index contributed by atoms with van der Waals surface area (Å²) in [5.41, 5.74) is 9.80. The van der Waals surface area contributed by atoms with Gasteiger partial charge in [0.1, 0.15) is 13.2 Å². The molecule has 2 aromatic carbocycles. The Kier molecular flexibility index (Phi) is 6.04. The summed E-state index contributed by atoms with van der Waals surface area (Å²) in [4.78, 5) is 5.41. The second kappa shape index (κ2) is 9.33. The van der Waals surface area contributed by atoms with Gasteiger partial charge in [-0.05, 0) is 86.9 Å². The van der Waals surface area contributed by atoms with Crippen molar-refractivity contribution in [2.24, 2.45) is 7.05 Å². The van der Waals surface area contributed by atoms with Crippen LogP contribution in [-0.2, 0) is 7.05 Å². The van der Waals surface area contributed by atoms with E-state index >= 15 is 0 Å². The molecule has 2 saturated carbocycles. The van der Waals surface area contributed by atoms with Gasteiger partial charge >= 0.3 is 0 Å². The Labute approximate surface area is 211 Å². The van der Waals surface area contributed by atoms with Crippen LogP contribution < -0.4 is 14.4 Å². The van der Waals surface area contributed by atoms with Gasteiger partial charge in [-0.3, -0.25) is 0 Å². The maximum absolute atomic E-state index is 2.75. The van der Waals surface area contributed by atoms with Crippen LogP contribution in [0.5, 0.6) is 0 Å². The van der Waals surface area contributed by atoms with Crippen LogP contribution in [0.15, 0.2) is 60.8 Å². The molecule has 3 aliphatic rings. The first-order valence-corrected chi connectivity index (χ1v) is 13.9. The number of hydrogen-bond donors (Lipinski definition) is 0. The largest absolute Gasteiger partial charge is 0.346 e. The molecule has 0 N–H and O–H groups in total. The molecule has 182 valence electrons. The standard InChI is InChI=1S/C32H40N3/c1-23-28(29-17-11-12-20-33(29)3)21-26(25-13-7-8-14-25)22-32(23)35-24(2)34(27-15-5-4-6-16-27)30-18-9-10-19-31(30)35/h9-12,17-22,24-25,27H,4-8,13-16H2,1-3H3/q+1/t24-/m1/s1. The number of para-hydroxylation sites is 2. The van der Waals surface area contributed by atoms with Crippen molar-refractivity contribution in [3.63, 3.8) is 0 Å². The fraction of sp³-hybridized carbons (Fsp3) is 0.469. The van der Waals surface area contributed by atoms with E-state index in [4.69, 9.17) is 0 Å². The number of rotatable bonds is 4. The number of pyridine rings is 1. The summed E-state index contributed by atoms with van der Waals surface area (Å²) in [6.07, 6.45) is 14.6. The molecule has 0 spiro atoms. The van der Waals surface area contributed by atoms with Crippen molar-refractivity contribution in [2.75, 3.05) is 9.80 Å². The maximum atomic E-state index is 2.75. The van der Waals surface area contributed by atoms with Crippen LogP contribution in [0.3, 0.4) is 0 Å². The van der Waals surface area contributed by atoms with Crippen molar-refractivity contribution < 1.29 is 4.57 Å². The lowest BCUT2D eigenvalue weighted by Crippen LogP contribution is -2.45. The molecular formula is C32H40N3+. The smallest absolute Gasteiger partial charge is 0.212 e. The molecule has 0 unspecified atom stereocenters. The first-order valence-electron chi connectivity index (χ1n) is 13.9. The van der Waals surface area contributed by atoms with Crippen LogP contribution in [0.4, 0.5) is 17.1 Å². The zero-order valence-electron chi connectivity index (χ0n) is 21.7. The van der Waals surface area contributed by atoms with Crippen molar-refractivity contribution in [2.45, 2.75) is 89.8 Å². The van der Waals surface area contributed by atoms with Crippen LogP contribution >= 0.6 is 0 Å². The summed E-state index contributed by atoms with van der Waals surface area (Å²) < 4.78 is 2.28. The van der Waals surface area contributed by atoms with Crippen LogP contribution in [-0.4, -0.2) is 12.2 Å². The average molecular weight is 467 g/mol. The highest BCUT2D eigenvalue weighted by atomic mass is 15.4. The molecule has 3 heteroatoms. The Balaban J connectivity index is 1.51. The second-order valence-electron chi connectivity index (χ2n) is 11.1. The molecule has 0 amide bonds. The Morgan fingerprint density at radius 2 is 1.46 bits per heavy atom. The van der Waals surface area contributed by atoms with Gasteiger partial charge in [0.05, 0.1) is 16.9 Å². The van der Waals surface area contributed by atoms with Crippen molar-refractivity contribution in [1.82, 2.24) is 0 Å². The molecule has 0 saturated heterocycles. The number of aromatic nitrogens is 1. The maximum Gasteiger partial charge on any atom is 0.212 e. The predicted octanol–water partition coefficient (Wildman–Crippen LogP) is 7.78. The van der Waals surface area contributed by atoms with Gasteiger partial charge in [-0.25, -0.2) is 4.57 Å². The van der Waals surface area contributed by atoms with Gasteiger partial charge in [0, 0.05) is 23.9 Å². The van der Waals surface area contributed by atoms with Crippen LogP contribution in [0.2, 0.25) is 0 Å². The summed E-state index contributed by atoms with van der Waals surface area (Å²) >= 11 is 0.